The standard InChI is InChI=1S/C32H41N5O6S2/c1-23-11-15-29(16-12-23)44(40,41)36-21-27-9-8-10-28(35-27)22-37(45(42,43)30-17-13-24(2)14-18-30)26(4)32(39)34-20-7-5-6-19-33-31(38)25(36)3/h8-18,25-26H,5-7,19-22H2,1-4H3,(H,33,38)(H,34,39)/t25-,26-/m0/s1. The minimum absolute atomic E-state index is 0.0428. The number of nitrogens with zero attached hydrogens (tertiary/aromatic N) is 3. The second-order valence-electron chi connectivity index (χ2n) is 11.3. The number of carbonyl (C=O) groups excluding carboxylic acids is 2. The smallest absolute Gasteiger partial charge is 0.244 e. The van der Waals surface area contributed by atoms with Gasteiger partial charge in [0.25, 0.3) is 0 Å². The van der Waals surface area contributed by atoms with Crippen molar-refractivity contribution in [2.45, 2.75) is 81.9 Å². The van der Waals surface area contributed by atoms with Crippen LogP contribution in [0.15, 0.2) is 76.5 Å². The van der Waals surface area contributed by atoms with Gasteiger partial charge in [0.15, 0.2) is 0 Å². The molecule has 2 amide bonds. The van der Waals surface area contributed by atoms with Gasteiger partial charge in [-0.1, -0.05) is 41.5 Å². The van der Waals surface area contributed by atoms with E-state index in [-0.39, 0.29) is 22.9 Å². The number of nitrogens with one attached hydrogen (secondary N) is 2. The summed E-state index contributed by atoms with van der Waals surface area (Å²) < 4.78 is 57.8. The van der Waals surface area contributed by atoms with Gasteiger partial charge in [-0.3, -0.25) is 14.6 Å². The highest BCUT2D eigenvalue weighted by Gasteiger charge is 2.35. The summed E-state index contributed by atoms with van der Waals surface area (Å²) in [6, 6.07) is 15.6. The number of benzene rings is 2. The lowest BCUT2D eigenvalue weighted by Crippen LogP contribution is -2.48. The summed E-state index contributed by atoms with van der Waals surface area (Å²) in [5.74, 6) is -0.888. The molecule has 1 aromatic heterocycles. The first kappa shape index (κ1) is 34.2. The Hall–Kier alpha value is -3.65. The van der Waals surface area contributed by atoms with Crippen molar-refractivity contribution in [2.75, 3.05) is 13.1 Å². The maximum absolute atomic E-state index is 13.9. The number of sulfonamides is 2. The van der Waals surface area contributed by atoms with E-state index in [0.29, 0.717) is 43.7 Å². The second kappa shape index (κ2) is 14.6. The molecule has 11 nitrogen and oxygen atoms in total. The van der Waals surface area contributed by atoms with Crippen LogP contribution in [0.3, 0.4) is 0 Å². The highest BCUT2D eigenvalue weighted by Crippen LogP contribution is 2.24. The molecule has 0 unspecified atom stereocenters. The zero-order valence-corrected chi connectivity index (χ0v) is 27.7. The van der Waals surface area contributed by atoms with Gasteiger partial charge in [-0.15, -0.1) is 0 Å². The Morgan fingerprint density at radius 3 is 1.38 bits per heavy atom. The van der Waals surface area contributed by atoms with Crippen molar-refractivity contribution in [1.82, 2.24) is 24.2 Å². The number of aromatic nitrogens is 1. The van der Waals surface area contributed by atoms with Crippen LogP contribution in [0.1, 0.15) is 55.6 Å². The highest BCUT2D eigenvalue weighted by molar-refractivity contribution is 7.89. The van der Waals surface area contributed by atoms with Gasteiger partial charge in [0.05, 0.1) is 34.3 Å². The van der Waals surface area contributed by atoms with Crippen LogP contribution in [0.2, 0.25) is 0 Å². The van der Waals surface area contributed by atoms with Gasteiger partial charge in [-0.05, 0) is 83.4 Å². The van der Waals surface area contributed by atoms with E-state index in [4.69, 9.17) is 0 Å². The Labute approximate surface area is 266 Å². The molecular formula is C32H41N5O6S2. The molecule has 0 aliphatic carbocycles. The molecule has 2 atom stereocenters. The summed E-state index contributed by atoms with van der Waals surface area (Å²) in [6.45, 7) is 6.98. The van der Waals surface area contributed by atoms with E-state index in [9.17, 15) is 26.4 Å². The molecular weight excluding hydrogens is 615 g/mol. The summed E-state index contributed by atoms with van der Waals surface area (Å²) in [7, 11) is -8.27. The Balaban J connectivity index is 1.76. The second-order valence-corrected chi connectivity index (χ2v) is 15.1. The van der Waals surface area contributed by atoms with Crippen molar-refractivity contribution < 1.29 is 26.4 Å². The maximum atomic E-state index is 13.9. The summed E-state index contributed by atoms with van der Waals surface area (Å²) in [5.41, 5.74) is 2.41. The Bertz CT molecular complexity index is 1590. The minimum atomic E-state index is -4.14. The topological polar surface area (TPSA) is 146 Å². The molecule has 0 saturated carbocycles. The van der Waals surface area contributed by atoms with E-state index in [1.165, 1.54) is 38.1 Å². The van der Waals surface area contributed by atoms with Gasteiger partial charge in [-0.25, -0.2) is 16.8 Å². The molecule has 3 aromatic rings. The molecule has 0 fully saturated rings. The number of hydrogen-bond donors (Lipinski definition) is 2. The molecule has 242 valence electrons. The van der Waals surface area contributed by atoms with Crippen molar-refractivity contribution in [3.8, 4) is 0 Å². The SMILES string of the molecule is Cc1ccc(S(=O)(=O)N2Cc3cccc(n3)CN(S(=O)(=O)c3ccc(C)cc3)[C@@H](C)C(=O)NCCCCCNC(=O)[C@@H]2C)cc1. The summed E-state index contributed by atoms with van der Waals surface area (Å²) in [6.07, 6.45) is 1.92. The molecule has 45 heavy (non-hydrogen) atoms. The number of pyridine rings is 1. The summed E-state index contributed by atoms with van der Waals surface area (Å²) in [5, 5.41) is 5.67. The Kier molecular flexibility index (Phi) is 11.1. The lowest BCUT2D eigenvalue weighted by Gasteiger charge is -2.29. The highest BCUT2D eigenvalue weighted by atomic mass is 32.2. The van der Waals surface area contributed by atoms with Crippen molar-refractivity contribution >= 4 is 31.9 Å². The van der Waals surface area contributed by atoms with E-state index < -0.39 is 43.9 Å². The fraction of sp³-hybridized carbons (Fsp3) is 0.406. The number of aryl methyl sites for hydroxylation is 2. The number of amides is 2. The Morgan fingerprint density at radius 2 is 1.00 bits per heavy atom. The molecule has 2 aromatic carbocycles. The monoisotopic (exact) mass is 655 g/mol. The third-order valence-electron chi connectivity index (χ3n) is 7.83. The summed E-state index contributed by atoms with van der Waals surface area (Å²) in [4.78, 5) is 31.1. The molecule has 0 saturated heterocycles. The zero-order valence-electron chi connectivity index (χ0n) is 26.1. The average molecular weight is 656 g/mol. The molecule has 4 rings (SSSR count). The maximum Gasteiger partial charge on any atom is 0.244 e. The largest absolute Gasteiger partial charge is 0.355 e. The van der Waals surface area contributed by atoms with Gasteiger partial charge in [0.2, 0.25) is 31.9 Å². The van der Waals surface area contributed by atoms with E-state index in [2.05, 4.69) is 15.6 Å². The zero-order chi connectivity index (χ0) is 32.8. The van der Waals surface area contributed by atoms with Crippen LogP contribution in [-0.2, 0) is 42.7 Å². The number of hydrogen-bond acceptors (Lipinski definition) is 7. The van der Waals surface area contributed by atoms with Crippen LogP contribution >= 0.6 is 0 Å². The molecule has 2 N–H and O–H groups in total. The molecule has 1 aliphatic heterocycles. The number of fused-ring (bicyclic) bond motifs is 2. The number of carbonyl (C=O) groups is 2. The van der Waals surface area contributed by atoms with Crippen LogP contribution < -0.4 is 10.6 Å². The van der Waals surface area contributed by atoms with Crippen LogP contribution in [0.25, 0.3) is 0 Å². The van der Waals surface area contributed by atoms with E-state index in [1.54, 1.807) is 42.5 Å². The molecule has 13 heteroatoms. The molecule has 0 radical (unpaired) electrons. The normalized spacial score (nSPS) is 20.4. The third-order valence-corrected chi connectivity index (χ3v) is 11.7. The van der Waals surface area contributed by atoms with Crippen molar-refractivity contribution in [1.29, 1.82) is 0 Å². The van der Waals surface area contributed by atoms with Gasteiger partial charge < -0.3 is 10.6 Å². The first-order chi connectivity index (χ1) is 21.3. The van der Waals surface area contributed by atoms with E-state index in [0.717, 1.165) is 19.7 Å². The van der Waals surface area contributed by atoms with Crippen molar-refractivity contribution in [3.05, 3.63) is 89.2 Å². The molecule has 2 heterocycles. The van der Waals surface area contributed by atoms with Gasteiger partial charge in [0.1, 0.15) is 12.1 Å². The molecule has 1 aliphatic rings. The predicted molar refractivity (Wildman–Crippen MR) is 171 cm³/mol. The Morgan fingerprint density at radius 1 is 0.622 bits per heavy atom. The van der Waals surface area contributed by atoms with E-state index in [1.807, 2.05) is 13.8 Å². The van der Waals surface area contributed by atoms with Crippen molar-refractivity contribution in [2.24, 2.45) is 0 Å². The van der Waals surface area contributed by atoms with Gasteiger partial charge in [0, 0.05) is 13.1 Å². The lowest BCUT2D eigenvalue weighted by atomic mass is 10.2. The number of rotatable bonds is 4. The quantitative estimate of drug-likeness (QED) is 0.439. The summed E-state index contributed by atoms with van der Waals surface area (Å²) >= 11 is 0. The van der Waals surface area contributed by atoms with Gasteiger partial charge in [-0.2, -0.15) is 8.61 Å². The van der Waals surface area contributed by atoms with Crippen LogP contribution in [0, 0.1) is 13.8 Å². The van der Waals surface area contributed by atoms with Gasteiger partial charge >= 0.3 is 0 Å². The first-order valence-corrected chi connectivity index (χ1v) is 17.9. The predicted octanol–water partition coefficient (Wildman–Crippen LogP) is 3.27. The van der Waals surface area contributed by atoms with Crippen LogP contribution in [-0.4, -0.2) is 67.4 Å². The minimum Gasteiger partial charge on any atom is -0.355 e. The van der Waals surface area contributed by atoms with E-state index >= 15 is 0 Å². The van der Waals surface area contributed by atoms with Crippen molar-refractivity contribution in [3.63, 3.8) is 0 Å². The third kappa shape index (κ3) is 8.34. The molecule has 2 bridgehead atoms. The van der Waals surface area contributed by atoms with Crippen LogP contribution in [0.5, 0.6) is 0 Å². The van der Waals surface area contributed by atoms with Crippen LogP contribution in [0.4, 0.5) is 0 Å². The fourth-order valence-electron chi connectivity index (χ4n) is 4.98. The molecule has 0 spiro atoms. The lowest BCUT2D eigenvalue weighted by molar-refractivity contribution is -0.125. The fourth-order valence-corrected chi connectivity index (χ4v) is 8.11. The first-order valence-electron chi connectivity index (χ1n) is 15.0. The average Bonchev–Trinajstić information content (AvgIpc) is 3.01.